The van der Waals surface area contributed by atoms with Crippen LogP contribution in [0.1, 0.15) is 31.0 Å². The Bertz CT molecular complexity index is 737. The van der Waals surface area contributed by atoms with E-state index in [0.29, 0.717) is 6.61 Å². The Labute approximate surface area is 131 Å². The van der Waals surface area contributed by atoms with Crippen LogP contribution in [-0.4, -0.2) is 4.98 Å². The van der Waals surface area contributed by atoms with E-state index in [0.717, 1.165) is 35.2 Å². The molecule has 1 aromatic heterocycles. The number of aryl methyl sites for hydroxylation is 1. The molecule has 0 amide bonds. The molecule has 112 valence electrons. The zero-order valence-electron chi connectivity index (χ0n) is 13.0. The van der Waals surface area contributed by atoms with Crippen molar-refractivity contribution in [1.82, 2.24) is 4.98 Å². The topological polar surface area (TPSA) is 22.1 Å². The van der Waals surface area contributed by atoms with Crippen LogP contribution in [0.15, 0.2) is 60.7 Å². The zero-order valence-corrected chi connectivity index (χ0v) is 13.0. The van der Waals surface area contributed by atoms with Crippen LogP contribution in [0.4, 0.5) is 0 Å². The first-order chi connectivity index (χ1) is 10.9. The quantitative estimate of drug-likeness (QED) is 0.626. The summed E-state index contributed by atoms with van der Waals surface area (Å²) >= 11 is 0. The van der Waals surface area contributed by atoms with Crippen molar-refractivity contribution in [1.29, 1.82) is 0 Å². The van der Waals surface area contributed by atoms with Gasteiger partial charge in [-0.25, -0.2) is 0 Å². The third-order valence-corrected chi connectivity index (χ3v) is 3.75. The monoisotopic (exact) mass is 291 g/mol. The first kappa shape index (κ1) is 14.6. The van der Waals surface area contributed by atoms with Gasteiger partial charge in [-0.3, -0.25) is 4.98 Å². The molecular formula is C20H21NO. The second kappa shape index (κ2) is 7.08. The predicted molar refractivity (Wildman–Crippen MR) is 91.1 cm³/mol. The number of rotatable bonds is 6. The maximum atomic E-state index is 6.09. The van der Waals surface area contributed by atoms with Crippen molar-refractivity contribution in [2.75, 3.05) is 0 Å². The zero-order chi connectivity index (χ0) is 15.2. The smallest absolute Gasteiger partial charge is 0.131 e. The molecule has 0 N–H and O–H groups in total. The summed E-state index contributed by atoms with van der Waals surface area (Å²) in [6.07, 6.45) is 3.33. The Balaban J connectivity index is 1.88. The first-order valence-corrected chi connectivity index (χ1v) is 7.92. The number of aromatic nitrogens is 1. The van der Waals surface area contributed by atoms with Crippen LogP contribution in [0, 0.1) is 0 Å². The maximum Gasteiger partial charge on any atom is 0.131 e. The van der Waals surface area contributed by atoms with Crippen LogP contribution in [-0.2, 0) is 13.0 Å². The number of nitrogens with zero attached hydrogens (tertiary/aromatic N) is 1. The van der Waals surface area contributed by atoms with Gasteiger partial charge in [0.2, 0.25) is 0 Å². The van der Waals surface area contributed by atoms with Gasteiger partial charge in [0.25, 0.3) is 0 Å². The number of unbranched alkanes of at least 4 members (excludes halogenated alkanes) is 1. The second-order valence-corrected chi connectivity index (χ2v) is 5.51. The van der Waals surface area contributed by atoms with Crippen LogP contribution in [0.25, 0.3) is 10.9 Å². The van der Waals surface area contributed by atoms with Gasteiger partial charge in [0, 0.05) is 17.1 Å². The maximum absolute atomic E-state index is 6.09. The third-order valence-electron chi connectivity index (χ3n) is 3.75. The van der Waals surface area contributed by atoms with Gasteiger partial charge in [0.1, 0.15) is 12.4 Å². The minimum atomic E-state index is 0.585. The van der Waals surface area contributed by atoms with Crippen LogP contribution < -0.4 is 4.74 Å². The molecule has 2 aromatic carbocycles. The van der Waals surface area contributed by atoms with E-state index >= 15 is 0 Å². The molecule has 1 heterocycles. The second-order valence-electron chi connectivity index (χ2n) is 5.51. The van der Waals surface area contributed by atoms with Gasteiger partial charge in [-0.05, 0) is 30.5 Å². The summed E-state index contributed by atoms with van der Waals surface area (Å²) in [4.78, 5) is 4.75. The van der Waals surface area contributed by atoms with Crippen molar-refractivity contribution in [3.63, 3.8) is 0 Å². The van der Waals surface area contributed by atoms with Gasteiger partial charge in [0.05, 0.1) is 5.52 Å². The minimum Gasteiger partial charge on any atom is -0.488 e. The van der Waals surface area contributed by atoms with Crippen molar-refractivity contribution >= 4 is 10.9 Å². The Morgan fingerprint density at radius 2 is 1.73 bits per heavy atom. The molecule has 0 fully saturated rings. The van der Waals surface area contributed by atoms with Crippen molar-refractivity contribution in [3.05, 3.63) is 71.9 Å². The van der Waals surface area contributed by atoms with Gasteiger partial charge in [-0.15, -0.1) is 0 Å². The van der Waals surface area contributed by atoms with Gasteiger partial charge in [-0.1, -0.05) is 55.8 Å². The van der Waals surface area contributed by atoms with Crippen molar-refractivity contribution in [2.24, 2.45) is 0 Å². The first-order valence-electron chi connectivity index (χ1n) is 7.92. The van der Waals surface area contributed by atoms with Crippen LogP contribution in [0.5, 0.6) is 5.75 Å². The predicted octanol–water partition coefficient (Wildman–Crippen LogP) is 5.16. The summed E-state index contributed by atoms with van der Waals surface area (Å²) in [5.41, 5.74) is 3.31. The molecule has 0 saturated heterocycles. The summed E-state index contributed by atoms with van der Waals surface area (Å²) in [6.45, 7) is 2.79. The Hall–Kier alpha value is -2.35. The molecule has 22 heavy (non-hydrogen) atoms. The Morgan fingerprint density at radius 3 is 2.55 bits per heavy atom. The number of ether oxygens (including phenoxy) is 1. The minimum absolute atomic E-state index is 0.585. The SMILES string of the molecule is CCCCc1cc(OCc2ccccc2)c2ccccc2n1. The molecular weight excluding hydrogens is 270 g/mol. The highest BCUT2D eigenvalue weighted by Gasteiger charge is 2.07. The van der Waals surface area contributed by atoms with E-state index in [-0.39, 0.29) is 0 Å². The lowest BCUT2D eigenvalue weighted by Crippen LogP contribution is -1.99. The van der Waals surface area contributed by atoms with Gasteiger partial charge in [-0.2, -0.15) is 0 Å². The third kappa shape index (κ3) is 3.45. The van der Waals surface area contributed by atoms with E-state index in [1.165, 1.54) is 12.0 Å². The lowest BCUT2D eigenvalue weighted by atomic mass is 10.1. The average molecular weight is 291 g/mol. The fourth-order valence-electron chi connectivity index (χ4n) is 2.54. The number of fused-ring (bicyclic) bond motifs is 1. The van der Waals surface area contributed by atoms with Crippen molar-refractivity contribution < 1.29 is 4.74 Å². The summed E-state index contributed by atoms with van der Waals surface area (Å²) < 4.78 is 6.09. The van der Waals surface area contributed by atoms with E-state index < -0.39 is 0 Å². The molecule has 3 rings (SSSR count). The number of pyridine rings is 1. The van der Waals surface area contributed by atoms with Crippen LogP contribution >= 0.6 is 0 Å². The molecule has 0 aliphatic carbocycles. The number of para-hydroxylation sites is 1. The highest BCUT2D eigenvalue weighted by atomic mass is 16.5. The average Bonchev–Trinajstić information content (AvgIpc) is 2.58. The summed E-state index contributed by atoms with van der Waals surface area (Å²) in [6, 6.07) is 20.6. The van der Waals surface area contributed by atoms with Gasteiger partial charge in [0.15, 0.2) is 0 Å². The molecule has 0 aliphatic heterocycles. The molecule has 2 nitrogen and oxygen atoms in total. The van der Waals surface area contributed by atoms with Crippen LogP contribution in [0.3, 0.4) is 0 Å². The highest BCUT2D eigenvalue weighted by molar-refractivity contribution is 5.85. The van der Waals surface area contributed by atoms with E-state index in [9.17, 15) is 0 Å². The number of benzene rings is 2. The molecule has 0 aliphatic rings. The fourth-order valence-corrected chi connectivity index (χ4v) is 2.54. The fraction of sp³-hybridized carbons (Fsp3) is 0.250. The normalized spacial score (nSPS) is 10.8. The number of hydrogen-bond donors (Lipinski definition) is 0. The Morgan fingerprint density at radius 1 is 0.955 bits per heavy atom. The molecule has 0 bridgehead atoms. The van der Waals surface area contributed by atoms with E-state index in [2.05, 4.69) is 37.3 Å². The summed E-state index contributed by atoms with van der Waals surface area (Å²) in [7, 11) is 0. The van der Waals surface area contributed by atoms with E-state index in [1.807, 2.05) is 30.3 Å². The summed E-state index contributed by atoms with van der Waals surface area (Å²) in [5.74, 6) is 0.931. The van der Waals surface area contributed by atoms with Crippen molar-refractivity contribution in [2.45, 2.75) is 32.8 Å². The molecule has 3 aromatic rings. The molecule has 0 radical (unpaired) electrons. The standard InChI is InChI=1S/C20H21NO/c1-2-3-11-17-14-20(18-12-7-8-13-19(18)21-17)22-15-16-9-5-4-6-10-16/h4-10,12-14H,2-3,11,15H2,1H3. The van der Waals surface area contributed by atoms with Gasteiger partial charge < -0.3 is 4.74 Å². The largest absolute Gasteiger partial charge is 0.488 e. The lowest BCUT2D eigenvalue weighted by Gasteiger charge is -2.11. The highest BCUT2D eigenvalue weighted by Crippen LogP contribution is 2.26. The molecule has 0 atom stereocenters. The number of hydrogen-bond acceptors (Lipinski definition) is 2. The van der Waals surface area contributed by atoms with Crippen molar-refractivity contribution in [3.8, 4) is 5.75 Å². The van der Waals surface area contributed by atoms with E-state index in [4.69, 9.17) is 9.72 Å². The summed E-state index contributed by atoms with van der Waals surface area (Å²) in [5, 5.41) is 1.08. The molecule has 0 saturated carbocycles. The molecule has 0 unspecified atom stereocenters. The molecule has 2 heteroatoms. The van der Waals surface area contributed by atoms with Gasteiger partial charge >= 0.3 is 0 Å². The van der Waals surface area contributed by atoms with E-state index in [1.54, 1.807) is 0 Å². The van der Waals surface area contributed by atoms with Crippen LogP contribution in [0.2, 0.25) is 0 Å². The Kier molecular flexibility index (Phi) is 4.69. The lowest BCUT2D eigenvalue weighted by molar-refractivity contribution is 0.309. The molecule has 0 spiro atoms.